The van der Waals surface area contributed by atoms with Gasteiger partial charge < -0.3 is 15.2 Å². The van der Waals surface area contributed by atoms with Crippen molar-refractivity contribution in [2.45, 2.75) is 20.8 Å². The SMILES string of the molecule is COc1ccc(NCC(C(=O)O)C(C)C)cc1C. The minimum absolute atomic E-state index is 0.106. The average molecular weight is 251 g/mol. The molecule has 0 heterocycles. The Morgan fingerprint density at radius 2 is 2.11 bits per heavy atom. The minimum Gasteiger partial charge on any atom is -0.496 e. The molecule has 1 aromatic carbocycles. The highest BCUT2D eigenvalue weighted by molar-refractivity contribution is 5.71. The van der Waals surface area contributed by atoms with Gasteiger partial charge in [0, 0.05) is 12.2 Å². The molecule has 0 aliphatic carbocycles. The highest BCUT2D eigenvalue weighted by atomic mass is 16.5. The molecule has 0 aliphatic heterocycles. The number of hydrogen-bond donors (Lipinski definition) is 2. The topological polar surface area (TPSA) is 58.6 Å². The van der Waals surface area contributed by atoms with Crippen LogP contribution in [-0.4, -0.2) is 24.7 Å². The zero-order valence-electron chi connectivity index (χ0n) is 11.4. The number of anilines is 1. The molecular weight excluding hydrogens is 230 g/mol. The highest BCUT2D eigenvalue weighted by Gasteiger charge is 2.20. The Balaban J connectivity index is 2.68. The fourth-order valence-corrected chi connectivity index (χ4v) is 1.82. The number of carboxylic acid groups (broad SMARTS) is 1. The number of hydrogen-bond acceptors (Lipinski definition) is 3. The van der Waals surface area contributed by atoms with Gasteiger partial charge in [0.05, 0.1) is 13.0 Å². The van der Waals surface area contributed by atoms with E-state index in [4.69, 9.17) is 9.84 Å². The van der Waals surface area contributed by atoms with E-state index in [-0.39, 0.29) is 11.8 Å². The van der Waals surface area contributed by atoms with E-state index in [2.05, 4.69) is 5.32 Å². The summed E-state index contributed by atoms with van der Waals surface area (Å²) in [5.41, 5.74) is 1.94. The summed E-state index contributed by atoms with van der Waals surface area (Å²) in [4.78, 5) is 11.1. The molecule has 0 aliphatic rings. The van der Waals surface area contributed by atoms with Crippen LogP contribution in [0.3, 0.4) is 0 Å². The van der Waals surface area contributed by atoms with Gasteiger partial charge in [-0.2, -0.15) is 0 Å². The average Bonchev–Trinajstić information content (AvgIpc) is 2.28. The molecular formula is C14H21NO3. The molecule has 18 heavy (non-hydrogen) atoms. The maximum Gasteiger partial charge on any atom is 0.308 e. The van der Waals surface area contributed by atoms with Gasteiger partial charge in [0.1, 0.15) is 5.75 Å². The lowest BCUT2D eigenvalue weighted by molar-refractivity contribution is -0.142. The summed E-state index contributed by atoms with van der Waals surface area (Å²) in [6, 6.07) is 5.73. The quantitative estimate of drug-likeness (QED) is 0.816. The second kappa shape index (κ2) is 6.28. The van der Waals surface area contributed by atoms with Crippen LogP contribution in [0.25, 0.3) is 0 Å². The van der Waals surface area contributed by atoms with Gasteiger partial charge in [-0.1, -0.05) is 13.8 Å². The van der Waals surface area contributed by atoms with Crippen LogP contribution in [0.5, 0.6) is 5.75 Å². The molecule has 0 fully saturated rings. The number of nitrogens with one attached hydrogen (secondary N) is 1. The van der Waals surface area contributed by atoms with E-state index in [0.717, 1.165) is 17.0 Å². The maximum absolute atomic E-state index is 11.1. The Morgan fingerprint density at radius 3 is 2.56 bits per heavy atom. The first-order valence-electron chi connectivity index (χ1n) is 6.07. The predicted octanol–water partition coefficient (Wildman–Crippen LogP) is 2.77. The van der Waals surface area contributed by atoms with Gasteiger partial charge in [-0.15, -0.1) is 0 Å². The van der Waals surface area contributed by atoms with Gasteiger partial charge in [-0.3, -0.25) is 4.79 Å². The Kier molecular flexibility index (Phi) is 5.01. The number of carboxylic acids is 1. The molecule has 100 valence electrons. The zero-order chi connectivity index (χ0) is 13.7. The molecule has 4 nitrogen and oxygen atoms in total. The summed E-state index contributed by atoms with van der Waals surface area (Å²) in [7, 11) is 1.63. The molecule has 0 spiro atoms. The lowest BCUT2D eigenvalue weighted by Gasteiger charge is -2.18. The fraction of sp³-hybridized carbons (Fsp3) is 0.500. The monoisotopic (exact) mass is 251 g/mol. The number of rotatable bonds is 6. The van der Waals surface area contributed by atoms with Gasteiger partial charge in [-0.05, 0) is 36.6 Å². The van der Waals surface area contributed by atoms with E-state index < -0.39 is 5.97 Å². The standard InChI is InChI=1S/C14H21NO3/c1-9(2)12(14(16)17)8-15-11-5-6-13(18-4)10(3)7-11/h5-7,9,12,15H,8H2,1-4H3,(H,16,17). The number of aryl methyl sites for hydroxylation is 1. The summed E-state index contributed by atoms with van der Waals surface area (Å²) in [5, 5.41) is 12.3. The smallest absolute Gasteiger partial charge is 0.308 e. The van der Waals surface area contributed by atoms with E-state index in [1.165, 1.54) is 0 Å². The van der Waals surface area contributed by atoms with Crippen molar-refractivity contribution in [3.63, 3.8) is 0 Å². The molecule has 0 radical (unpaired) electrons. The number of carbonyl (C=O) groups is 1. The molecule has 0 amide bonds. The van der Waals surface area contributed by atoms with Crippen molar-refractivity contribution in [3.8, 4) is 5.75 Å². The number of aliphatic carboxylic acids is 1. The normalized spacial score (nSPS) is 12.3. The summed E-state index contributed by atoms with van der Waals surface area (Å²) in [6.07, 6.45) is 0. The molecule has 1 aromatic rings. The Bertz CT molecular complexity index is 416. The van der Waals surface area contributed by atoms with Crippen molar-refractivity contribution in [3.05, 3.63) is 23.8 Å². The van der Waals surface area contributed by atoms with E-state index >= 15 is 0 Å². The lowest BCUT2D eigenvalue weighted by Crippen LogP contribution is -2.27. The van der Waals surface area contributed by atoms with Gasteiger partial charge in [0.25, 0.3) is 0 Å². The van der Waals surface area contributed by atoms with Gasteiger partial charge in [0.2, 0.25) is 0 Å². The summed E-state index contributed by atoms with van der Waals surface area (Å²) < 4.78 is 5.18. The van der Waals surface area contributed by atoms with Gasteiger partial charge in [-0.25, -0.2) is 0 Å². The van der Waals surface area contributed by atoms with Crippen LogP contribution in [0, 0.1) is 18.8 Å². The van der Waals surface area contributed by atoms with Crippen molar-refractivity contribution in [2.75, 3.05) is 19.0 Å². The van der Waals surface area contributed by atoms with Crippen LogP contribution in [0.4, 0.5) is 5.69 Å². The van der Waals surface area contributed by atoms with Gasteiger partial charge >= 0.3 is 5.97 Å². The first kappa shape index (κ1) is 14.4. The van der Waals surface area contributed by atoms with Crippen LogP contribution in [0.15, 0.2) is 18.2 Å². The maximum atomic E-state index is 11.1. The first-order valence-corrected chi connectivity index (χ1v) is 6.07. The third-order valence-corrected chi connectivity index (χ3v) is 3.04. The van der Waals surface area contributed by atoms with E-state index in [1.807, 2.05) is 39.0 Å². The van der Waals surface area contributed by atoms with E-state index in [0.29, 0.717) is 6.54 Å². The highest BCUT2D eigenvalue weighted by Crippen LogP contribution is 2.22. The third-order valence-electron chi connectivity index (χ3n) is 3.04. The summed E-state index contributed by atoms with van der Waals surface area (Å²) >= 11 is 0. The van der Waals surface area contributed by atoms with E-state index in [9.17, 15) is 4.79 Å². The van der Waals surface area contributed by atoms with Gasteiger partial charge in [0.15, 0.2) is 0 Å². The predicted molar refractivity (Wildman–Crippen MR) is 72.2 cm³/mol. The van der Waals surface area contributed by atoms with Crippen LogP contribution in [0.2, 0.25) is 0 Å². The fourth-order valence-electron chi connectivity index (χ4n) is 1.82. The van der Waals surface area contributed by atoms with Crippen molar-refractivity contribution in [2.24, 2.45) is 11.8 Å². The Hall–Kier alpha value is -1.71. The van der Waals surface area contributed by atoms with Crippen LogP contribution >= 0.6 is 0 Å². The second-order valence-corrected chi connectivity index (χ2v) is 4.75. The third kappa shape index (κ3) is 3.65. The summed E-state index contributed by atoms with van der Waals surface area (Å²) in [5.74, 6) is -0.205. The molecule has 1 unspecified atom stereocenters. The molecule has 2 N–H and O–H groups in total. The Morgan fingerprint density at radius 1 is 1.44 bits per heavy atom. The molecule has 0 aromatic heterocycles. The molecule has 0 saturated heterocycles. The number of methoxy groups -OCH3 is 1. The molecule has 0 bridgehead atoms. The van der Waals surface area contributed by atoms with Crippen LogP contribution in [0.1, 0.15) is 19.4 Å². The Labute approximate surface area is 108 Å². The van der Waals surface area contributed by atoms with Crippen molar-refractivity contribution >= 4 is 11.7 Å². The second-order valence-electron chi connectivity index (χ2n) is 4.75. The van der Waals surface area contributed by atoms with Crippen molar-refractivity contribution in [1.82, 2.24) is 0 Å². The molecule has 4 heteroatoms. The number of benzene rings is 1. The van der Waals surface area contributed by atoms with Crippen molar-refractivity contribution < 1.29 is 14.6 Å². The lowest BCUT2D eigenvalue weighted by atomic mass is 9.96. The van der Waals surface area contributed by atoms with Crippen molar-refractivity contribution in [1.29, 1.82) is 0 Å². The van der Waals surface area contributed by atoms with Crippen LogP contribution < -0.4 is 10.1 Å². The number of ether oxygens (including phenoxy) is 1. The van der Waals surface area contributed by atoms with Crippen LogP contribution in [-0.2, 0) is 4.79 Å². The molecule has 0 saturated carbocycles. The molecule has 1 rings (SSSR count). The van der Waals surface area contributed by atoms with E-state index in [1.54, 1.807) is 7.11 Å². The zero-order valence-corrected chi connectivity index (χ0v) is 11.4. The molecule has 1 atom stereocenters. The minimum atomic E-state index is -0.761. The first-order chi connectivity index (χ1) is 8.45. The summed E-state index contributed by atoms with van der Waals surface area (Å²) in [6.45, 7) is 6.22. The largest absolute Gasteiger partial charge is 0.496 e.